The van der Waals surface area contributed by atoms with Crippen molar-refractivity contribution in [1.29, 1.82) is 0 Å². The van der Waals surface area contributed by atoms with Crippen molar-refractivity contribution in [2.24, 2.45) is 0 Å². The van der Waals surface area contributed by atoms with E-state index >= 15 is 0 Å². The second kappa shape index (κ2) is 14.9. The number of hydrogen-bond donors (Lipinski definition) is 3. The van der Waals surface area contributed by atoms with Crippen LogP contribution in [0.15, 0.2) is 125 Å². The molecule has 278 valence electrons. The number of rotatable bonds is 12. The largest absolute Gasteiger partial charge is 0.497 e. The minimum Gasteiger partial charge on any atom is -0.497 e. The molecule has 6 rings (SSSR count). The van der Waals surface area contributed by atoms with Gasteiger partial charge in [-0.1, -0.05) is 118 Å². The number of aliphatic hydroxyl groups excluding tert-OH is 1. The van der Waals surface area contributed by atoms with E-state index in [9.17, 15) is 19.8 Å². The van der Waals surface area contributed by atoms with Crippen molar-refractivity contribution >= 4 is 13.3 Å². The lowest BCUT2D eigenvalue weighted by Crippen LogP contribution is -2.75. The maximum atomic E-state index is 14.0. The van der Waals surface area contributed by atoms with Gasteiger partial charge in [-0.3, -0.25) is 14.3 Å². The summed E-state index contributed by atoms with van der Waals surface area (Å²) < 4.78 is 19.5. The zero-order valence-electron chi connectivity index (χ0n) is 31.4. The number of aromatic nitrogens is 2. The van der Waals surface area contributed by atoms with Crippen LogP contribution in [0, 0.1) is 6.92 Å². The lowest BCUT2D eigenvalue weighted by molar-refractivity contribution is -0.110. The summed E-state index contributed by atoms with van der Waals surface area (Å²) in [6.45, 7) is 10.2. The molecule has 1 aromatic heterocycles. The highest BCUT2D eigenvalue weighted by molar-refractivity contribution is 6.96. The number of nitrogens with zero attached hydrogens (tertiary/aromatic N) is 1. The van der Waals surface area contributed by atoms with Gasteiger partial charge >= 0.3 is 5.69 Å². The molecule has 10 heteroatoms. The van der Waals surface area contributed by atoms with Crippen LogP contribution in [-0.2, 0) is 10.2 Å². The van der Waals surface area contributed by atoms with Gasteiger partial charge in [0.15, 0.2) is 0 Å². The van der Waals surface area contributed by atoms with Crippen LogP contribution in [0.25, 0.3) is 0 Å². The maximum absolute atomic E-state index is 14.0. The molecule has 0 amide bonds. The van der Waals surface area contributed by atoms with Crippen molar-refractivity contribution < 1.29 is 24.4 Å². The summed E-state index contributed by atoms with van der Waals surface area (Å²) in [5.41, 5.74) is 0.0710. The zero-order valence-corrected chi connectivity index (χ0v) is 32.4. The Morgan fingerprint density at radius 1 is 0.792 bits per heavy atom. The fourth-order valence-electron chi connectivity index (χ4n) is 9.36. The average molecular weight is 735 g/mol. The summed E-state index contributed by atoms with van der Waals surface area (Å²) in [6.07, 6.45) is -2.17. The van der Waals surface area contributed by atoms with E-state index < -0.39 is 48.4 Å². The summed E-state index contributed by atoms with van der Waals surface area (Å²) in [5, 5.41) is 27.0. The fraction of sp³-hybridized carbons (Fsp3) is 0.349. The third-order valence-electron chi connectivity index (χ3n) is 11.6. The number of H-pyrrole nitrogens is 1. The summed E-state index contributed by atoms with van der Waals surface area (Å²) in [6, 6.07) is 35.0. The quantitative estimate of drug-likeness (QED) is 0.106. The Balaban J connectivity index is 1.71. The smallest absolute Gasteiger partial charge is 0.330 e. The van der Waals surface area contributed by atoms with Crippen LogP contribution in [0.5, 0.6) is 11.5 Å². The Morgan fingerprint density at radius 2 is 1.26 bits per heavy atom. The molecule has 0 aliphatic carbocycles. The van der Waals surface area contributed by atoms with E-state index in [1.165, 1.54) is 10.8 Å². The molecule has 0 saturated carbocycles. The molecule has 0 bridgehead atoms. The lowest BCUT2D eigenvalue weighted by Gasteiger charge is -2.54. The molecule has 5 aromatic rings. The van der Waals surface area contributed by atoms with Crippen LogP contribution >= 0.6 is 0 Å². The molecule has 1 aliphatic rings. The van der Waals surface area contributed by atoms with Crippen molar-refractivity contribution in [3.05, 3.63) is 158 Å². The van der Waals surface area contributed by atoms with E-state index in [2.05, 4.69) is 44.8 Å². The molecule has 0 radical (unpaired) electrons. The number of benzene rings is 4. The van der Waals surface area contributed by atoms with Crippen molar-refractivity contribution in [3.63, 3.8) is 0 Å². The molecular weight excluding hydrogens is 685 g/mol. The van der Waals surface area contributed by atoms with Crippen LogP contribution in [0.2, 0.25) is 11.1 Å². The van der Waals surface area contributed by atoms with Gasteiger partial charge in [0.05, 0.1) is 24.9 Å². The zero-order chi connectivity index (χ0) is 38.1. The second-order valence-electron chi connectivity index (χ2n) is 14.7. The summed E-state index contributed by atoms with van der Waals surface area (Å²) in [7, 11) is -0.0125. The van der Waals surface area contributed by atoms with Gasteiger partial charge in [0.2, 0.25) is 0 Å². The molecule has 1 unspecified atom stereocenters. The Hall–Kier alpha value is -4.74. The van der Waals surface area contributed by atoms with E-state index in [1.54, 1.807) is 21.1 Å². The number of aliphatic hydroxyl groups is 2. The number of nitrogens with one attached hydrogen (secondary N) is 1. The Bertz CT molecular complexity index is 2060. The first-order chi connectivity index (χ1) is 25.4. The average Bonchev–Trinajstić information content (AvgIpc) is 3.52. The molecule has 4 aromatic carbocycles. The molecule has 1 saturated heterocycles. The van der Waals surface area contributed by atoms with Crippen LogP contribution < -0.4 is 25.9 Å². The molecule has 1 fully saturated rings. The van der Waals surface area contributed by atoms with Gasteiger partial charge in [-0.15, -0.1) is 0 Å². The van der Waals surface area contributed by atoms with Gasteiger partial charge < -0.3 is 24.4 Å². The van der Waals surface area contributed by atoms with Crippen molar-refractivity contribution in [2.45, 2.75) is 81.2 Å². The van der Waals surface area contributed by atoms with Crippen molar-refractivity contribution in [2.75, 3.05) is 14.2 Å². The van der Waals surface area contributed by atoms with Crippen molar-refractivity contribution in [3.8, 4) is 11.5 Å². The molecule has 1 aliphatic heterocycles. The van der Waals surface area contributed by atoms with Gasteiger partial charge in [0, 0.05) is 18.2 Å². The monoisotopic (exact) mass is 734 g/mol. The van der Waals surface area contributed by atoms with Crippen LogP contribution in [0.4, 0.5) is 0 Å². The van der Waals surface area contributed by atoms with Gasteiger partial charge in [-0.25, -0.2) is 4.79 Å². The van der Waals surface area contributed by atoms with Gasteiger partial charge in [-0.05, 0) is 59.0 Å². The van der Waals surface area contributed by atoms with Crippen LogP contribution in [0.1, 0.15) is 62.6 Å². The summed E-state index contributed by atoms with van der Waals surface area (Å²) in [4.78, 5) is 28.4. The first-order valence-electron chi connectivity index (χ1n) is 18.1. The third-order valence-corrected chi connectivity index (χ3v) is 18.4. The highest BCUT2D eigenvalue weighted by atomic mass is 28.3. The Labute approximate surface area is 311 Å². The van der Waals surface area contributed by atoms with E-state index in [0.29, 0.717) is 17.1 Å². The van der Waals surface area contributed by atoms with E-state index in [1.807, 2.05) is 97.1 Å². The van der Waals surface area contributed by atoms with Gasteiger partial charge in [-0.2, -0.15) is 0 Å². The molecule has 9 nitrogen and oxygen atoms in total. The molecule has 2 heterocycles. The number of hydrogen-bond acceptors (Lipinski definition) is 7. The lowest BCUT2D eigenvalue weighted by atomic mass is 9.64. The molecular formula is C43H50N2O7Si. The predicted molar refractivity (Wildman–Crippen MR) is 210 cm³/mol. The normalized spacial score (nSPS) is 19.8. The second-order valence-corrected chi connectivity index (χ2v) is 20.2. The van der Waals surface area contributed by atoms with E-state index in [0.717, 1.165) is 21.9 Å². The first-order valence-corrected chi connectivity index (χ1v) is 20.3. The molecule has 3 N–H and O–H groups in total. The maximum Gasteiger partial charge on any atom is 0.330 e. The fourth-order valence-corrected chi connectivity index (χ4v) is 16.5. The predicted octanol–water partition coefficient (Wildman–Crippen LogP) is 5.99. The third kappa shape index (κ3) is 6.17. The van der Waals surface area contributed by atoms with Gasteiger partial charge in [0.1, 0.15) is 38.0 Å². The highest BCUT2D eigenvalue weighted by Crippen LogP contribution is 2.55. The highest BCUT2D eigenvalue weighted by Gasteiger charge is 2.69. The Kier molecular flexibility index (Phi) is 10.7. The standard InChI is InChI=1S/C43H50N2O7Si/c1-28(2)53(29(3)4,36-16-12-9-13-17-36)42(49)26-37(45-27-30(5)40(47)44-41(45)48)52-39(42)38(46)43(31-14-10-8-11-15-31,32-18-22-34(50-6)23-19-32)33-20-24-35(51-7)25-21-33/h8-25,27-29,37-39,46,49H,26H2,1-7H3,(H,44,47,48)/t37-,38?,39-,42-/m1/s1. The van der Waals surface area contributed by atoms with Gasteiger partial charge in [0.25, 0.3) is 5.56 Å². The number of ether oxygens (including phenoxy) is 3. The molecule has 53 heavy (non-hydrogen) atoms. The SMILES string of the molecule is COc1ccc(C(c2ccccc2)(c2ccc(OC)cc2)C(O)[C@H]2O[C@@H](n3cc(C)c(=O)[nH]c3=O)C[C@@]2(O)[Si](c2ccccc2)(C(C)C)C(C)C)cc1. The summed E-state index contributed by atoms with van der Waals surface area (Å²) in [5.74, 6) is 1.30. The molecule has 0 spiro atoms. The minimum absolute atomic E-state index is 0.00763. The summed E-state index contributed by atoms with van der Waals surface area (Å²) >= 11 is 0. The number of methoxy groups -OCH3 is 2. The van der Waals surface area contributed by atoms with Crippen molar-refractivity contribution in [1.82, 2.24) is 9.55 Å². The first kappa shape index (κ1) is 38.0. The number of aromatic amines is 1. The molecule has 4 atom stereocenters. The Morgan fingerprint density at radius 3 is 1.74 bits per heavy atom. The van der Waals surface area contributed by atoms with Crippen LogP contribution in [-0.4, -0.2) is 59.5 Å². The minimum atomic E-state index is -3.23. The topological polar surface area (TPSA) is 123 Å². The van der Waals surface area contributed by atoms with Crippen LogP contribution in [0.3, 0.4) is 0 Å². The van der Waals surface area contributed by atoms with E-state index in [4.69, 9.17) is 14.2 Å². The van der Waals surface area contributed by atoms with E-state index in [-0.39, 0.29) is 17.5 Å². The number of aryl methyl sites for hydroxylation is 1.